The number of hydrogen-bond donors (Lipinski definition) is 11. The van der Waals surface area contributed by atoms with Crippen LogP contribution >= 0.6 is 0 Å². The molecule has 3 aliphatic rings. The van der Waals surface area contributed by atoms with E-state index in [-0.39, 0.29) is 0 Å². The van der Waals surface area contributed by atoms with Gasteiger partial charge in [0.2, 0.25) is 11.8 Å². The van der Waals surface area contributed by atoms with Crippen LogP contribution in [0.2, 0.25) is 0 Å². The number of rotatable bonds is 9. The largest absolute Gasteiger partial charge is 0.394 e. The summed E-state index contributed by atoms with van der Waals surface area (Å²) in [5.41, 5.74) is 0. The van der Waals surface area contributed by atoms with E-state index < -0.39 is 124 Å². The summed E-state index contributed by atoms with van der Waals surface area (Å²) in [5.74, 6) is -1.32. The van der Waals surface area contributed by atoms with Gasteiger partial charge in [-0.2, -0.15) is 0 Å². The first-order valence-corrected chi connectivity index (χ1v) is 12.6. The molecule has 15 atom stereocenters. The third-order valence-corrected chi connectivity index (χ3v) is 6.90. The SMILES string of the molecule is CC(=O)N[C@H]1[C@H](O[C@H]2[C@@H](O)[C@@H](CO)OC(O)[C@@H]2NC(C)=O)O[C@H](CO)[C@@H](O[C@@H]2O[C@H](CO)[C@H](O)[C@H](O)[C@H]2O)[C@@H]1O. The van der Waals surface area contributed by atoms with Crippen molar-refractivity contribution in [3.63, 3.8) is 0 Å². The molecule has 0 radical (unpaired) electrons. The fraction of sp³-hybridized carbons (Fsp3) is 0.909. The third-order valence-electron chi connectivity index (χ3n) is 6.90. The molecule has 0 spiro atoms. The van der Waals surface area contributed by atoms with Crippen molar-refractivity contribution < 1.29 is 79.2 Å². The second kappa shape index (κ2) is 14.0. The van der Waals surface area contributed by atoms with Crippen LogP contribution in [0.5, 0.6) is 0 Å². The lowest BCUT2D eigenvalue weighted by atomic mass is 9.94. The minimum Gasteiger partial charge on any atom is -0.394 e. The van der Waals surface area contributed by atoms with E-state index in [1.165, 1.54) is 0 Å². The van der Waals surface area contributed by atoms with Gasteiger partial charge in [0.15, 0.2) is 18.9 Å². The van der Waals surface area contributed by atoms with E-state index in [1.807, 2.05) is 0 Å². The molecule has 0 bridgehead atoms. The van der Waals surface area contributed by atoms with Gasteiger partial charge in [0, 0.05) is 13.8 Å². The third kappa shape index (κ3) is 7.05. The molecular formula is C22H38N2O16. The topological polar surface area (TPSA) is 286 Å². The summed E-state index contributed by atoms with van der Waals surface area (Å²) in [4.78, 5) is 23.7. The number of hydrogen-bond acceptors (Lipinski definition) is 16. The average Bonchev–Trinajstić information content (AvgIpc) is 2.90. The molecule has 0 aromatic carbocycles. The summed E-state index contributed by atoms with van der Waals surface area (Å²) in [7, 11) is 0. The molecule has 3 fully saturated rings. The Kier molecular flexibility index (Phi) is 11.5. The van der Waals surface area contributed by atoms with Crippen LogP contribution in [0.3, 0.4) is 0 Å². The summed E-state index contributed by atoms with van der Waals surface area (Å²) in [6.07, 6.45) is -21.2. The lowest BCUT2D eigenvalue weighted by Crippen LogP contribution is -2.70. The molecule has 18 nitrogen and oxygen atoms in total. The molecule has 3 saturated heterocycles. The number of amides is 2. The Labute approximate surface area is 228 Å². The second-order valence-electron chi connectivity index (χ2n) is 9.81. The molecule has 232 valence electrons. The zero-order valence-electron chi connectivity index (χ0n) is 21.7. The number of aliphatic hydroxyl groups excluding tert-OH is 9. The highest BCUT2D eigenvalue weighted by Crippen LogP contribution is 2.32. The van der Waals surface area contributed by atoms with Crippen LogP contribution in [0.25, 0.3) is 0 Å². The van der Waals surface area contributed by atoms with Crippen molar-refractivity contribution in [2.75, 3.05) is 19.8 Å². The first-order chi connectivity index (χ1) is 18.8. The van der Waals surface area contributed by atoms with Crippen LogP contribution in [-0.2, 0) is 33.3 Å². The van der Waals surface area contributed by atoms with E-state index in [2.05, 4.69) is 10.6 Å². The van der Waals surface area contributed by atoms with Gasteiger partial charge in [-0.3, -0.25) is 9.59 Å². The minimum atomic E-state index is -1.86. The number of carbonyl (C=O) groups is 2. The van der Waals surface area contributed by atoms with Crippen molar-refractivity contribution in [1.82, 2.24) is 10.6 Å². The zero-order valence-corrected chi connectivity index (χ0v) is 21.7. The van der Waals surface area contributed by atoms with Crippen molar-refractivity contribution in [1.29, 1.82) is 0 Å². The number of ether oxygens (including phenoxy) is 5. The van der Waals surface area contributed by atoms with Crippen LogP contribution in [0.4, 0.5) is 0 Å². The summed E-state index contributed by atoms with van der Waals surface area (Å²) >= 11 is 0. The predicted molar refractivity (Wildman–Crippen MR) is 124 cm³/mol. The maximum absolute atomic E-state index is 12.0. The first kappa shape index (κ1) is 32.9. The average molecular weight is 587 g/mol. The van der Waals surface area contributed by atoms with Gasteiger partial charge in [0.05, 0.1) is 19.8 Å². The van der Waals surface area contributed by atoms with E-state index in [0.29, 0.717) is 0 Å². The highest BCUT2D eigenvalue weighted by molar-refractivity contribution is 5.73. The maximum Gasteiger partial charge on any atom is 0.217 e. The van der Waals surface area contributed by atoms with Gasteiger partial charge >= 0.3 is 0 Å². The molecule has 40 heavy (non-hydrogen) atoms. The second-order valence-corrected chi connectivity index (χ2v) is 9.81. The Morgan fingerprint density at radius 1 is 0.600 bits per heavy atom. The van der Waals surface area contributed by atoms with Gasteiger partial charge < -0.3 is 80.3 Å². The van der Waals surface area contributed by atoms with Gasteiger partial charge in [-0.25, -0.2) is 0 Å². The predicted octanol–water partition coefficient (Wildman–Crippen LogP) is -7.29. The maximum atomic E-state index is 12.0. The number of nitrogens with one attached hydrogen (secondary N) is 2. The molecule has 2 amide bonds. The van der Waals surface area contributed by atoms with E-state index in [4.69, 9.17) is 23.7 Å². The van der Waals surface area contributed by atoms with E-state index >= 15 is 0 Å². The van der Waals surface area contributed by atoms with Gasteiger partial charge in [-0.1, -0.05) is 0 Å². The lowest BCUT2D eigenvalue weighted by Gasteiger charge is -2.49. The normalized spacial score (nSPS) is 46.0. The van der Waals surface area contributed by atoms with Crippen molar-refractivity contribution >= 4 is 11.8 Å². The van der Waals surface area contributed by atoms with E-state index in [9.17, 15) is 55.5 Å². The van der Waals surface area contributed by atoms with Gasteiger partial charge in [-0.15, -0.1) is 0 Å². The van der Waals surface area contributed by atoms with Crippen molar-refractivity contribution in [3.05, 3.63) is 0 Å². The Morgan fingerprint density at radius 2 is 1.10 bits per heavy atom. The molecule has 3 aliphatic heterocycles. The summed E-state index contributed by atoms with van der Waals surface area (Å²) in [6, 6.07) is -2.89. The Bertz CT molecular complexity index is 852. The standard InChI is InChI=1S/C22H38N2O16/c1-6(28)23-11-15(32)18(39-22-17(34)16(33)13(30)8(3-25)37-22)10(5-27)38-21(11)40-19-12(24-7(2)29)20(35)36-9(4-26)14(19)31/h8-22,25-27,30-35H,3-5H2,1-2H3,(H,23,28)(H,24,29)/t8-,9-,10-,11-,12-,13+,14+,15-,16+,17-,18-,19-,20?,21+,22+/m1/s1. The highest BCUT2D eigenvalue weighted by Gasteiger charge is 2.54. The van der Waals surface area contributed by atoms with E-state index in [1.54, 1.807) is 0 Å². The summed E-state index contributed by atoms with van der Waals surface area (Å²) in [5, 5.41) is 96.5. The van der Waals surface area contributed by atoms with Crippen LogP contribution in [0.1, 0.15) is 13.8 Å². The quantitative estimate of drug-likeness (QED) is 0.120. The van der Waals surface area contributed by atoms with Gasteiger partial charge in [0.25, 0.3) is 0 Å². The Hall–Kier alpha value is -1.62. The molecule has 18 heteroatoms. The lowest BCUT2D eigenvalue weighted by molar-refractivity contribution is -0.359. The molecule has 0 aliphatic carbocycles. The molecule has 1 unspecified atom stereocenters. The van der Waals surface area contributed by atoms with Crippen LogP contribution in [0.15, 0.2) is 0 Å². The Balaban J connectivity index is 1.87. The van der Waals surface area contributed by atoms with Crippen molar-refractivity contribution in [2.24, 2.45) is 0 Å². The highest BCUT2D eigenvalue weighted by atomic mass is 16.7. The molecule has 0 saturated carbocycles. The monoisotopic (exact) mass is 586 g/mol. The van der Waals surface area contributed by atoms with Crippen LogP contribution < -0.4 is 10.6 Å². The van der Waals surface area contributed by atoms with Gasteiger partial charge in [0.1, 0.15) is 73.1 Å². The van der Waals surface area contributed by atoms with Crippen molar-refractivity contribution in [2.45, 2.75) is 106 Å². The molecule has 0 aromatic rings. The molecule has 11 N–H and O–H groups in total. The molecule has 3 rings (SSSR count). The number of aliphatic hydroxyl groups is 9. The first-order valence-electron chi connectivity index (χ1n) is 12.6. The number of carbonyl (C=O) groups excluding carboxylic acids is 2. The van der Waals surface area contributed by atoms with Gasteiger partial charge in [-0.05, 0) is 0 Å². The van der Waals surface area contributed by atoms with Crippen LogP contribution in [0, 0.1) is 0 Å². The molecular weight excluding hydrogens is 548 g/mol. The molecule has 3 heterocycles. The minimum absolute atomic E-state index is 0.639. The zero-order chi connectivity index (χ0) is 29.9. The smallest absolute Gasteiger partial charge is 0.217 e. The fourth-order valence-corrected chi connectivity index (χ4v) is 4.86. The van der Waals surface area contributed by atoms with Crippen LogP contribution in [-0.4, -0.2) is 170 Å². The summed E-state index contributed by atoms with van der Waals surface area (Å²) in [6.45, 7) is -0.115. The Morgan fingerprint density at radius 3 is 1.65 bits per heavy atom. The summed E-state index contributed by atoms with van der Waals surface area (Å²) < 4.78 is 27.6. The fourth-order valence-electron chi connectivity index (χ4n) is 4.86. The van der Waals surface area contributed by atoms with E-state index in [0.717, 1.165) is 13.8 Å². The van der Waals surface area contributed by atoms with Crippen molar-refractivity contribution in [3.8, 4) is 0 Å². The molecule has 0 aromatic heterocycles.